The molecular formula is C19H27NO2. The van der Waals surface area contributed by atoms with E-state index in [0.717, 1.165) is 16.9 Å². The molecule has 2 rings (SSSR count). The smallest absolute Gasteiger partial charge is 0.129 e. The Balaban J connectivity index is 2.50. The molecule has 2 unspecified atom stereocenters. The van der Waals surface area contributed by atoms with Crippen LogP contribution in [-0.4, -0.2) is 34.7 Å². The fraction of sp³-hybridized carbons (Fsp3) is 0.474. The molecule has 1 aliphatic heterocycles. The highest BCUT2D eigenvalue weighted by atomic mass is 16.5. The van der Waals surface area contributed by atoms with Crippen LogP contribution >= 0.6 is 0 Å². The SMILES string of the molecule is C=CCN(CC=C)C1C(O)c2ccc(C)c(C)c2OC1(C)C. The van der Waals surface area contributed by atoms with Gasteiger partial charge >= 0.3 is 0 Å². The maximum Gasteiger partial charge on any atom is 0.129 e. The third-order valence-electron chi connectivity index (χ3n) is 4.52. The summed E-state index contributed by atoms with van der Waals surface area (Å²) in [5, 5.41) is 11.0. The number of hydrogen-bond donors (Lipinski definition) is 1. The molecule has 120 valence electrons. The third kappa shape index (κ3) is 2.83. The maximum atomic E-state index is 11.0. The van der Waals surface area contributed by atoms with Crippen LogP contribution in [0.25, 0.3) is 0 Å². The van der Waals surface area contributed by atoms with Crippen LogP contribution < -0.4 is 4.74 Å². The third-order valence-corrected chi connectivity index (χ3v) is 4.52. The average molecular weight is 301 g/mol. The lowest BCUT2D eigenvalue weighted by Gasteiger charge is -2.48. The lowest BCUT2D eigenvalue weighted by atomic mass is 9.83. The quantitative estimate of drug-likeness (QED) is 0.844. The summed E-state index contributed by atoms with van der Waals surface area (Å²) in [5.74, 6) is 0.825. The second kappa shape index (κ2) is 6.27. The van der Waals surface area contributed by atoms with E-state index in [1.807, 2.05) is 45.1 Å². The summed E-state index contributed by atoms with van der Waals surface area (Å²) in [5.41, 5.74) is 2.64. The van der Waals surface area contributed by atoms with Gasteiger partial charge in [0.15, 0.2) is 0 Å². The van der Waals surface area contributed by atoms with Gasteiger partial charge in [0, 0.05) is 18.7 Å². The molecule has 0 saturated carbocycles. The van der Waals surface area contributed by atoms with Crippen LogP contribution in [0.4, 0.5) is 0 Å². The van der Waals surface area contributed by atoms with Gasteiger partial charge in [-0.3, -0.25) is 4.90 Å². The van der Waals surface area contributed by atoms with Crippen molar-refractivity contribution in [3.63, 3.8) is 0 Å². The summed E-state index contributed by atoms with van der Waals surface area (Å²) in [6.07, 6.45) is 3.10. The number of hydrogen-bond acceptors (Lipinski definition) is 3. The van der Waals surface area contributed by atoms with Gasteiger partial charge in [-0.15, -0.1) is 13.2 Å². The van der Waals surface area contributed by atoms with Gasteiger partial charge in [0.25, 0.3) is 0 Å². The van der Waals surface area contributed by atoms with Crippen LogP contribution in [0.2, 0.25) is 0 Å². The van der Waals surface area contributed by atoms with Crippen LogP contribution in [0.15, 0.2) is 37.4 Å². The van der Waals surface area contributed by atoms with Crippen molar-refractivity contribution in [2.75, 3.05) is 13.1 Å². The van der Waals surface area contributed by atoms with E-state index in [2.05, 4.69) is 25.0 Å². The van der Waals surface area contributed by atoms with E-state index in [9.17, 15) is 5.11 Å². The minimum absolute atomic E-state index is 0.155. The Morgan fingerprint density at radius 1 is 1.23 bits per heavy atom. The topological polar surface area (TPSA) is 32.7 Å². The predicted octanol–water partition coefficient (Wildman–Crippen LogP) is 3.55. The molecule has 0 radical (unpaired) electrons. The van der Waals surface area contributed by atoms with Gasteiger partial charge < -0.3 is 9.84 Å². The molecule has 1 aliphatic rings. The first kappa shape index (κ1) is 16.8. The van der Waals surface area contributed by atoms with Gasteiger partial charge in [-0.2, -0.15) is 0 Å². The Hall–Kier alpha value is -1.58. The van der Waals surface area contributed by atoms with Gasteiger partial charge in [-0.05, 0) is 38.8 Å². The van der Waals surface area contributed by atoms with Gasteiger partial charge in [-0.1, -0.05) is 24.3 Å². The Morgan fingerprint density at radius 2 is 1.82 bits per heavy atom. The van der Waals surface area contributed by atoms with E-state index < -0.39 is 11.7 Å². The second-order valence-corrected chi connectivity index (χ2v) is 6.55. The molecule has 3 heteroatoms. The molecule has 3 nitrogen and oxygen atoms in total. The molecule has 1 aromatic carbocycles. The lowest BCUT2D eigenvalue weighted by molar-refractivity contribution is -0.0765. The van der Waals surface area contributed by atoms with Gasteiger partial charge in [-0.25, -0.2) is 0 Å². The number of ether oxygens (including phenoxy) is 1. The maximum absolute atomic E-state index is 11.0. The normalized spacial score (nSPS) is 22.8. The van der Waals surface area contributed by atoms with Crippen LogP contribution in [0.3, 0.4) is 0 Å². The highest BCUT2D eigenvalue weighted by molar-refractivity contribution is 5.49. The van der Waals surface area contributed by atoms with E-state index >= 15 is 0 Å². The van der Waals surface area contributed by atoms with Crippen molar-refractivity contribution in [1.82, 2.24) is 4.90 Å². The van der Waals surface area contributed by atoms with Crippen molar-refractivity contribution in [3.05, 3.63) is 54.1 Å². The molecule has 1 aromatic rings. The van der Waals surface area contributed by atoms with E-state index in [0.29, 0.717) is 13.1 Å². The predicted molar refractivity (Wildman–Crippen MR) is 91.3 cm³/mol. The highest BCUT2D eigenvalue weighted by Crippen LogP contribution is 2.44. The molecule has 1 heterocycles. The molecule has 2 atom stereocenters. The summed E-state index contributed by atoms with van der Waals surface area (Å²) in [6, 6.07) is 3.87. The first-order valence-corrected chi connectivity index (χ1v) is 7.76. The minimum atomic E-state index is -0.599. The summed E-state index contributed by atoms with van der Waals surface area (Å²) in [4.78, 5) is 2.16. The molecule has 0 saturated heterocycles. The molecule has 0 bridgehead atoms. The van der Waals surface area contributed by atoms with Crippen LogP contribution in [-0.2, 0) is 0 Å². The Labute approximate surface area is 133 Å². The number of nitrogens with zero attached hydrogens (tertiary/aromatic N) is 1. The Morgan fingerprint density at radius 3 is 2.36 bits per heavy atom. The van der Waals surface area contributed by atoms with Crippen molar-refractivity contribution in [2.45, 2.75) is 45.4 Å². The summed E-state index contributed by atoms with van der Waals surface area (Å²) >= 11 is 0. The number of aryl methyl sites for hydroxylation is 1. The fourth-order valence-corrected chi connectivity index (χ4v) is 3.33. The zero-order chi connectivity index (χ0) is 16.5. The van der Waals surface area contributed by atoms with Gasteiger partial charge in [0.2, 0.25) is 0 Å². The van der Waals surface area contributed by atoms with Gasteiger partial charge in [0.05, 0.1) is 6.04 Å². The number of fused-ring (bicyclic) bond motifs is 1. The molecule has 0 spiro atoms. The first-order valence-electron chi connectivity index (χ1n) is 7.76. The standard InChI is InChI=1S/C19H27NO2/c1-7-11-20(12-8-2)18-16(21)15-10-9-13(3)14(4)17(15)22-19(18,5)6/h7-10,16,18,21H,1-2,11-12H2,3-6H3. The molecular weight excluding hydrogens is 274 g/mol. The fourth-order valence-electron chi connectivity index (χ4n) is 3.33. The Bertz CT molecular complexity index is 567. The largest absolute Gasteiger partial charge is 0.485 e. The molecule has 0 aromatic heterocycles. The minimum Gasteiger partial charge on any atom is -0.485 e. The zero-order valence-electron chi connectivity index (χ0n) is 14.1. The molecule has 1 N–H and O–H groups in total. The Kier molecular flexibility index (Phi) is 4.78. The summed E-state index contributed by atoms with van der Waals surface area (Å²) < 4.78 is 6.32. The van der Waals surface area contributed by atoms with E-state index in [4.69, 9.17) is 4.74 Å². The number of benzene rings is 1. The van der Waals surface area contributed by atoms with E-state index in [-0.39, 0.29) is 6.04 Å². The van der Waals surface area contributed by atoms with Gasteiger partial charge in [0.1, 0.15) is 17.5 Å². The number of aliphatic hydroxyl groups is 1. The number of aliphatic hydroxyl groups excluding tert-OH is 1. The van der Waals surface area contributed by atoms with Crippen LogP contribution in [0.5, 0.6) is 5.75 Å². The summed E-state index contributed by atoms with van der Waals surface area (Å²) in [7, 11) is 0. The van der Waals surface area contributed by atoms with Crippen LogP contribution in [0.1, 0.15) is 36.6 Å². The van der Waals surface area contributed by atoms with Crippen LogP contribution in [0, 0.1) is 13.8 Å². The first-order chi connectivity index (χ1) is 10.3. The van der Waals surface area contributed by atoms with Crippen molar-refractivity contribution < 1.29 is 9.84 Å². The second-order valence-electron chi connectivity index (χ2n) is 6.55. The highest BCUT2D eigenvalue weighted by Gasteiger charge is 2.46. The van der Waals surface area contributed by atoms with Crippen molar-refractivity contribution in [2.24, 2.45) is 0 Å². The van der Waals surface area contributed by atoms with Crippen molar-refractivity contribution >= 4 is 0 Å². The average Bonchev–Trinajstić information content (AvgIpc) is 2.43. The van der Waals surface area contributed by atoms with E-state index in [1.165, 1.54) is 5.56 Å². The number of rotatable bonds is 5. The zero-order valence-corrected chi connectivity index (χ0v) is 14.1. The molecule has 22 heavy (non-hydrogen) atoms. The monoisotopic (exact) mass is 301 g/mol. The molecule has 0 amide bonds. The van der Waals surface area contributed by atoms with Crippen molar-refractivity contribution in [1.29, 1.82) is 0 Å². The van der Waals surface area contributed by atoms with Crippen molar-refractivity contribution in [3.8, 4) is 5.75 Å². The molecule has 0 aliphatic carbocycles. The summed E-state index contributed by atoms with van der Waals surface area (Å²) in [6.45, 7) is 17.2. The molecule has 0 fully saturated rings. The van der Waals surface area contributed by atoms with E-state index in [1.54, 1.807) is 0 Å². The lowest BCUT2D eigenvalue weighted by Crippen LogP contribution is -2.58.